The van der Waals surface area contributed by atoms with Gasteiger partial charge >= 0.3 is 0 Å². The summed E-state index contributed by atoms with van der Waals surface area (Å²) in [6.45, 7) is 6.97. The van der Waals surface area contributed by atoms with Crippen LogP contribution in [0, 0.1) is 6.92 Å². The monoisotopic (exact) mass is 254 g/mol. The number of hydrogen-bond donors (Lipinski definition) is 0. The summed E-state index contributed by atoms with van der Waals surface area (Å²) in [6.07, 6.45) is 1.03. The largest absolute Gasteiger partial charge is 0.494 e. The van der Waals surface area contributed by atoms with Crippen LogP contribution in [0.4, 0.5) is 0 Å². The standard InChI is InChI=1S/C14H19ClO2/c1-10(2)13-7-6-12(9-11(13)3)17-8-4-5-14(15)16/h6-7,9-10H,4-5,8H2,1-3H3. The molecule has 0 saturated carbocycles. The van der Waals surface area contributed by atoms with Gasteiger partial charge in [0.1, 0.15) is 5.75 Å². The molecule has 0 aliphatic rings. The molecule has 0 aliphatic carbocycles. The number of aryl methyl sites for hydroxylation is 1. The summed E-state index contributed by atoms with van der Waals surface area (Å²) in [5.74, 6) is 1.38. The van der Waals surface area contributed by atoms with Gasteiger partial charge in [0.05, 0.1) is 6.61 Å². The fourth-order valence-corrected chi connectivity index (χ4v) is 1.92. The highest BCUT2D eigenvalue weighted by Gasteiger charge is 2.04. The molecule has 1 rings (SSSR count). The van der Waals surface area contributed by atoms with Crippen LogP contribution in [0.2, 0.25) is 0 Å². The lowest BCUT2D eigenvalue weighted by atomic mass is 9.98. The van der Waals surface area contributed by atoms with Gasteiger partial charge in [-0.15, -0.1) is 0 Å². The summed E-state index contributed by atoms with van der Waals surface area (Å²) in [5, 5.41) is -0.306. The first-order valence-electron chi connectivity index (χ1n) is 5.92. The Morgan fingerprint density at radius 1 is 1.41 bits per heavy atom. The van der Waals surface area contributed by atoms with Gasteiger partial charge < -0.3 is 4.74 Å². The number of benzene rings is 1. The Hall–Kier alpha value is -1.02. The highest BCUT2D eigenvalue weighted by molar-refractivity contribution is 6.63. The normalized spacial score (nSPS) is 10.6. The number of carbonyl (C=O) groups excluding carboxylic acids is 1. The average molecular weight is 255 g/mol. The van der Waals surface area contributed by atoms with Crippen molar-refractivity contribution in [2.24, 2.45) is 0 Å². The molecule has 0 aliphatic heterocycles. The SMILES string of the molecule is Cc1cc(OCCCC(=O)Cl)ccc1C(C)C. The van der Waals surface area contributed by atoms with E-state index < -0.39 is 0 Å². The van der Waals surface area contributed by atoms with Gasteiger partial charge in [-0.25, -0.2) is 0 Å². The summed E-state index contributed by atoms with van der Waals surface area (Å²) >= 11 is 5.25. The molecular formula is C14H19ClO2. The molecule has 0 atom stereocenters. The topological polar surface area (TPSA) is 26.3 Å². The molecule has 0 saturated heterocycles. The lowest BCUT2D eigenvalue weighted by Gasteiger charge is -2.12. The van der Waals surface area contributed by atoms with E-state index in [2.05, 4.69) is 26.8 Å². The molecule has 3 heteroatoms. The molecule has 2 nitrogen and oxygen atoms in total. The second kappa shape index (κ2) is 6.65. The maximum atomic E-state index is 10.5. The Morgan fingerprint density at radius 3 is 2.65 bits per heavy atom. The van der Waals surface area contributed by atoms with Crippen molar-refractivity contribution < 1.29 is 9.53 Å². The van der Waals surface area contributed by atoms with Crippen LogP contribution >= 0.6 is 11.6 Å². The first-order valence-corrected chi connectivity index (χ1v) is 6.30. The van der Waals surface area contributed by atoms with Crippen molar-refractivity contribution in [3.8, 4) is 5.75 Å². The average Bonchev–Trinajstić information content (AvgIpc) is 2.23. The van der Waals surface area contributed by atoms with Crippen molar-refractivity contribution in [1.29, 1.82) is 0 Å². The molecule has 0 bridgehead atoms. The van der Waals surface area contributed by atoms with Crippen LogP contribution in [0.1, 0.15) is 43.7 Å². The highest BCUT2D eigenvalue weighted by atomic mass is 35.5. The van der Waals surface area contributed by atoms with Crippen LogP contribution in [-0.4, -0.2) is 11.8 Å². The Labute approximate surface area is 108 Å². The van der Waals surface area contributed by atoms with Gasteiger partial charge in [-0.1, -0.05) is 19.9 Å². The van der Waals surface area contributed by atoms with Gasteiger partial charge in [-0.3, -0.25) is 4.79 Å². The summed E-state index contributed by atoms with van der Waals surface area (Å²) in [6, 6.07) is 6.12. The van der Waals surface area contributed by atoms with Crippen LogP contribution in [0.3, 0.4) is 0 Å². The fourth-order valence-electron chi connectivity index (χ4n) is 1.79. The summed E-state index contributed by atoms with van der Waals surface area (Å²) < 4.78 is 5.56. The molecule has 0 radical (unpaired) electrons. The van der Waals surface area contributed by atoms with E-state index in [0.29, 0.717) is 25.4 Å². The number of ether oxygens (including phenoxy) is 1. The summed E-state index contributed by atoms with van der Waals surface area (Å²) in [5.41, 5.74) is 2.58. The van der Waals surface area contributed by atoms with Crippen LogP contribution in [0.5, 0.6) is 5.75 Å². The minimum atomic E-state index is -0.306. The zero-order chi connectivity index (χ0) is 12.8. The maximum Gasteiger partial charge on any atom is 0.221 e. The fraction of sp³-hybridized carbons (Fsp3) is 0.500. The minimum absolute atomic E-state index is 0.306. The van der Waals surface area contributed by atoms with Crippen molar-refractivity contribution in [2.75, 3.05) is 6.61 Å². The van der Waals surface area contributed by atoms with Crippen molar-refractivity contribution in [3.63, 3.8) is 0 Å². The van der Waals surface area contributed by atoms with Crippen LogP contribution in [0.15, 0.2) is 18.2 Å². The predicted octanol–water partition coefficient (Wildman–Crippen LogP) is 4.04. The maximum absolute atomic E-state index is 10.5. The first-order chi connectivity index (χ1) is 8.00. The van der Waals surface area contributed by atoms with E-state index >= 15 is 0 Å². The van der Waals surface area contributed by atoms with Gasteiger partial charge in [-0.05, 0) is 54.1 Å². The summed E-state index contributed by atoms with van der Waals surface area (Å²) in [7, 11) is 0. The molecule has 0 spiro atoms. The van der Waals surface area contributed by atoms with E-state index in [4.69, 9.17) is 16.3 Å². The molecule has 0 amide bonds. The molecule has 0 N–H and O–H groups in total. The Bertz CT molecular complexity index is 386. The molecule has 17 heavy (non-hydrogen) atoms. The zero-order valence-electron chi connectivity index (χ0n) is 10.6. The highest BCUT2D eigenvalue weighted by Crippen LogP contribution is 2.23. The summed E-state index contributed by atoms with van der Waals surface area (Å²) in [4.78, 5) is 10.5. The van der Waals surface area contributed by atoms with Gasteiger partial charge in [0.15, 0.2) is 0 Å². The van der Waals surface area contributed by atoms with E-state index in [1.807, 2.05) is 12.1 Å². The third-order valence-corrected chi connectivity index (χ3v) is 2.84. The van der Waals surface area contributed by atoms with E-state index in [-0.39, 0.29) is 5.24 Å². The zero-order valence-corrected chi connectivity index (χ0v) is 11.4. The van der Waals surface area contributed by atoms with Gasteiger partial charge in [0, 0.05) is 6.42 Å². The number of hydrogen-bond acceptors (Lipinski definition) is 2. The Kier molecular flexibility index (Phi) is 5.49. The van der Waals surface area contributed by atoms with Gasteiger partial charge in [-0.2, -0.15) is 0 Å². The van der Waals surface area contributed by atoms with E-state index in [0.717, 1.165) is 5.75 Å². The molecule has 0 unspecified atom stereocenters. The third kappa shape index (κ3) is 4.78. The smallest absolute Gasteiger partial charge is 0.221 e. The molecule has 0 heterocycles. The molecule has 94 valence electrons. The molecule has 0 aromatic heterocycles. The number of carbonyl (C=O) groups is 1. The van der Waals surface area contributed by atoms with Gasteiger partial charge in [0.25, 0.3) is 0 Å². The van der Waals surface area contributed by atoms with Crippen molar-refractivity contribution in [2.45, 2.75) is 39.5 Å². The Morgan fingerprint density at radius 2 is 2.12 bits per heavy atom. The number of halogens is 1. The van der Waals surface area contributed by atoms with Crippen molar-refractivity contribution >= 4 is 16.8 Å². The van der Waals surface area contributed by atoms with Crippen LogP contribution in [0.25, 0.3) is 0 Å². The van der Waals surface area contributed by atoms with Crippen LogP contribution in [-0.2, 0) is 4.79 Å². The molecule has 1 aromatic rings. The molecular weight excluding hydrogens is 236 g/mol. The van der Waals surface area contributed by atoms with Crippen molar-refractivity contribution in [3.05, 3.63) is 29.3 Å². The minimum Gasteiger partial charge on any atom is -0.494 e. The predicted molar refractivity (Wildman–Crippen MR) is 70.9 cm³/mol. The second-order valence-electron chi connectivity index (χ2n) is 4.48. The first kappa shape index (κ1) is 14.0. The quantitative estimate of drug-likeness (QED) is 0.566. The van der Waals surface area contributed by atoms with E-state index in [9.17, 15) is 4.79 Å². The Balaban J connectivity index is 2.50. The van der Waals surface area contributed by atoms with Gasteiger partial charge in [0.2, 0.25) is 5.24 Å². The molecule has 0 fully saturated rings. The lowest BCUT2D eigenvalue weighted by Crippen LogP contribution is -2.00. The van der Waals surface area contributed by atoms with Crippen LogP contribution < -0.4 is 4.74 Å². The third-order valence-electron chi connectivity index (χ3n) is 2.65. The molecule has 1 aromatic carbocycles. The van der Waals surface area contributed by atoms with Crippen molar-refractivity contribution in [1.82, 2.24) is 0 Å². The van der Waals surface area contributed by atoms with E-state index in [1.54, 1.807) is 0 Å². The lowest BCUT2D eigenvalue weighted by molar-refractivity contribution is -0.111. The number of rotatable bonds is 6. The van der Waals surface area contributed by atoms with E-state index in [1.165, 1.54) is 11.1 Å². The second-order valence-corrected chi connectivity index (χ2v) is 4.90.